The minimum atomic E-state index is 0.324. The number of rotatable bonds is 4. The van der Waals surface area contributed by atoms with Gasteiger partial charge < -0.3 is 4.52 Å². The zero-order valence-corrected chi connectivity index (χ0v) is 10.7. The van der Waals surface area contributed by atoms with Gasteiger partial charge in [0.2, 0.25) is 5.82 Å². The molecule has 0 aliphatic rings. The van der Waals surface area contributed by atoms with Crippen LogP contribution in [0.4, 0.5) is 0 Å². The first-order chi connectivity index (χ1) is 8.06. The predicted molar refractivity (Wildman–Crippen MR) is 64.5 cm³/mol. The number of nitrogens with one attached hydrogen (secondary N) is 1. The Bertz CT molecular complexity index is 484. The van der Waals surface area contributed by atoms with Gasteiger partial charge in [-0.2, -0.15) is 5.10 Å². The Morgan fingerprint density at radius 1 is 1.29 bits per heavy atom. The van der Waals surface area contributed by atoms with E-state index in [1.807, 2.05) is 6.07 Å². The molecule has 0 aromatic carbocycles. The number of nitrogens with zero attached hydrogens (tertiary/aromatic N) is 3. The lowest BCUT2D eigenvalue weighted by Gasteiger charge is -1.97. The Balaban J connectivity index is 2.18. The highest BCUT2D eigenvalue weighted by molar-refractivity contribution is 5.48. The molecule has 17 heavy (non-hydrogen) atoms. The molecular weight excluding hydrogens is 216 g/mol. The third kappa shape index (κ3) is 2.72. The summed E-state index contributed by atoms with van der Waals surface area (Å²) >= 11 is 0. The lowest BCUT2D eigenvalue weighted by molar-refractivity contribution is 0.372. The van der Waals surface area contributed by atoms with Gasteiger partial charge in [-0.05, 0) is 5.92 Å². The first-order valence-electron chi connectivity index (χ1n) is 5.94. The standard InChI is InChI=1S/C12H18N4O/c1-7(2)5-11-13-12(15-14-11)9-6-10(8(3)4)17-16-9/h6-8H,5H2,1-4H3,(H,13,14,15). The molecule has 0 unspecified atom stereocenters. The topological polar surface area (TPSA) is 67.6 Å². The average molecular weight is 234 g/mol. The fraction of sp³-hybridized carbons (Fsp3) is 0.583. The van der Waals surface area contributed by atoms with Crippen molar-refractivity contribution in [1.82, 2.24) is 20.3 Å². The molecule has 5 nitrogen and oxygen atoms in total. The zero-order chi connectivity index (χ0) is 12.4. The van der Waals surface area contributed by atoms with Crippen LogP contribution in [0.1, 0.15) is 45.2 Å². The van der Waals surface area contributed by atoms with E-state index in [9.17, 15) is 0 Å². The van der Waals surface area contributed by atoms with Crippen molar-refractivity contribution in [3.8, 4) is 11.5 Å². The van der Waals surface area contributed by atoms with Gasteiger partial charge >= 0.3 is 0 Å². The highest BCUT2D eigenvalue weighted by Crippen LogP contribution is 2.20. The van der Waals surface area contributed by atoms with Gasteiger partial charge in [0, 0.05) is 18.4 Å². The number of H-pyrrole nitrogens is 1. The van der Waals surface area contributed by atoms with Crippen LogP contribution in [-0.2, 0) is 6.42 Å². The first kappa shape index (κ1) is 11.8. The van der Waals surface area contributed by atoms with Gasteiger partial charge in [0.1, 0.15) is 11.6 Å². The minimum Gasteiger partial charge on any atom is -0.360 e. The molecule has 2 heterocycles. The Morgan fingerprint density at radius 2 is 2.06 bits per heavy atom. The van der Waals surface area contributed by atoms with Crippen LogP contribution in [0.3, 0.4) is 0 Å². The van der Waals surface area contributed by atoms with Crippen molar-refractivity contribution < 1.29 is 4.52 Å². The molecule has 0 bridgehead atoms. The maximum Gasteiger partial charge on any atom is 0.203 e. The molecule has 0 radical (unpaired) electrons. The van der Waals surface area contributed by atoms with Crippen LogP contribution in [0, 0.1) is 5.92 Å². The fourth-order valence-electron chi connectivity index (χ4n) is 1.55. The van der Waals surface area contributed by atoms with Crippen molar-refractivity contribution in [2.75, 3.05) is 0 Å². The van der Waals surface area contributed by atoms with E-state index in [2.05, 4.69) is 48.0 Å². The smallest absolute Gasteiger partial charge is 0.203 e. The van der Waals surface area contributed by atoms with Crippen molar-refractivity contribution in [2.45, 2.75) is 40.0 Å². The Hall–Kier alpha value is -1.65. The summed E-state index contributed by atoms with van der Waals surface area (Å²) in [6.45, 7) is 8.42. The van der Waals surface area contributed by atoms with Gasteiger partial charge in [0.15, 0.2) is 5.69 Å². The second-order valence-electron chi connectivity index (χ2n) is 4.97. The first-order valence-corrected chi connectivity index (χ1v) is 5.94. The summed E-state index contributed by atoms with van der Waals surface area (Å²) in [5.74, 6) is 3.24. The molecule has 2 rings (SSSR count). The lowest BCUT2D eigenvalue weighted by Crippen LogP contribution is -1.95. The summed E-state index contributed by atoms with van der Waals surface area (Å²) < 4.78 is 5.23. The van der Waals surface area contributed by atoms with E-state index in [1.54, 1.807) is 0 Å². The fourth-order valence-corrected chi connectivity index (χ4v) is 1.55. The van der Waals surface area contributed by atoms with Crippen molar-refractivity contribution >= 4 is 0 Å². The lowest BCUT2D eigenvalue weighted by atomic mass is 10.1. The van der Waals surface area contributed by atoms with Crippen molar-refractivity contribution in [3.05, 3.63) is 17.7 Å². The quantitative estimate of drug-likeness (QED) is 0.883. The monoisotopic (exact) mass is 234 g/mol. The molecule has 2 aromatic rings. The Labute approximate surface area is 101 Å². The van der Waals surface area contributed by atoms with Crippen molar-refractivity contribution in [1.29, 1.82) is 0 Å². The largest absolute Gasteiger partial charge is 0.360 e. The van der Waals surface area contributed by atoms with Gasteiger partial charge in [-0.25, -0.2) is 4.98 Å². The molecule has 2 aromatic heterocycles. The zero-order valence-electron chi connectivity index (χ0n) is 10.7. The number of hydrogen-bond acceptors (Lipinski definition) is 4. The highest BCUT2D eigenvalue weighted by atomic mass is 16.5. The van der Waals surface area contributed by atoms with E-state index in [-0.39, 0.29) is 0 Å². The second kappa shape index (κ2) is 4.69. The SMILES string of the molecule is CC(C)Cc1nc(-c2cc(C(C)C)on2)n[nH]1. The van der Waals surface area contributed by atoms with Crippen LogP contribution in [-0.4, -0.2) is 20.3 Å². The summed E-state index contributed by atoms with van der Waals surface area (Å²) in [5.41, 5.74) is 0.694. The molecule has 0 aliphatic carbocycles. The average Bonchev–Trinajstić information content (AvgIpc) is 2.83. The van der Waals surface area contributed by atoms with Gasteiger partial charge in [-0.1, -0.05) is 32.9 Å². The van der Waals surface area contributed by atoms with Crippen LogP contribution in [0.15, 0.2) is 10.6 Å². The molecule has 92 valence electrons. The molecule has 0 amide bonds. The van der Waals surface area contributed by atoms with E-state index < -0.39 is 0 Å². The summed E-state index contributed by atoms with van der Waals surface area (Å²) in [7, 11) is 0. The molecule has 0 atom stereocenters. The van der Waals surface area contributed by atoms with E-state index >= 15 is 0 Å². The molecular formula is C12H18N4O. The molecule has 0 spiro atoms. The van der Waals surface area contributed by atoms with Crippen LogP contribution in [0.25, 0.3) is 11.5 Å². The van der Waals surface area contributed by atoms with Crippen molar-refractivity contribution in [3.63, 3.8) is 0 Å². The number of aromatic nitrogens is 4. The van der Waals surface area contributed by atoms with Crippen LogP contribution < -0.4 is 0 Å². The van der Waals surface area contributed by atoms with E-state index in [0.29, 0.717) is 23.4 Å². The third-order valence-electron chi connectivity index (χ3n) is 2.46. The van der Waals surface area contributed by atoms with Gasteiger partial charge in [-0.15, -0.1) is 0 Å². The summed E-state index contributed by atoms with van der Waals surface area (Å²) in [4.78, 5) is 4.40. The van der Waals surface area contributed by atoms with Gasteiger partial charge in [0.25, 0.3) is 0 Å². The van der Waals surface area contributed by atoms with Gasteiger partial charge in [0.05, 0.1) is 0 Å². The van der Waals surface area contributed by atoms with E-state index in [1.165, 1.54) is 0 Å². The molecule has 5 heteroatoms. The van der Waals surface area contributed by atoms with Gasteiger partial charge in [-0.3, -0.25) is 5.10 Å². The van der Waals surface area contributed by atoms with E-state index in [4.69, 9.17) is 4.52 Å². The molecule has 0 saturated carbocycles. The maximum absolute atomic E-state index is 5.23. The second-order valence-corrected chi connectivity index (χ2v) is 4.97. The number of hydrogen-bond donors (Lipinski definition) is 1. The molecule has 1 N–H and O–H groups in total. The van der Waals surface area contributed by atoms with Crippen LogP contribution in [0.5, 0.6) is 0 Å². The highest BCUT2D eigenvalue weighted by Gasteiger charge is 2.13. The van der Waals surface area contributed by atoms with Crippen molar-refractivity contribution in [2.24, 2.45) is 5.92 Å². The van der Waals surface area contributed by atoms with Crippen LogP contribution >= 0.6 is 0 Å². The molecule has 0 aliphatic heterocycles. The summed E-state index contributed by atoms with van der Waals surface area (Å²) in [6, 6.07) is 1.90. The van der Waals surface area contributed by atoms with Crippen LogP contribution in [0.2, 0.25) is 0 Å². The van der Waals surface area contributed by atoms with E-state index in [0.717, 1.165) is 18.0 Å². The normalized spacial score (nSPS) is 11.6. The minimum absolute atomic E-state index is 0.324. The molecule has 0 fully saturated rings. The summed E-state index contributed by atoms with van der Waals surface area (Å²) in [5, 5.41) is 11.1. The Kier molecular flexibility index (Phi) is 3.26. The third-order valence-corrected chi connectivity index (χ3v) is 2.46. The number of aromatic amines is 1. The predicted octanol–water partition coefficient (Wildman–Crippen LogP) is 2.78. The summed E-state index contributed by atoms with van der Waals surface area (Å²) in [6.07, 6.45) is 0.891. The Morgan fingerprint density at radius 3 is 2.65 bits per heavy atom. The molecule has 0 saturated heterocycles. The maximum atomic E-state index is 5.23.